The van der Waals surface area contributed by atoms with E-state index in [1.807, 2.05) is 23.9 Å². The monoisotopic (exact) mass is 247 g/mol. The predicted molar refractivity (Wildman–Crippen MR) is 69.7 cm³/mol. The summed E-state index contributed by atoms with van der Waals surface area (Å²) in [5, 5.41) is 0. The first-order chi connectivity index (χ1) is 8.70. The van der Waals surface area contributed by atoms with Gasteiger partial charge in [0.25, 0.3) is 0 Å². The maximum atomic E-state index is 13.2. The molecule has 1 unspecified atom stereocenters. The number of nitrogens with two attached hydrogens (primary N) is 1. The zero-order valence-electron chi connectivity index (χ0n) is 10.5. The van der Waals surface area contributed by atoms with Crippen LogP contribution in [0, 0.1) is 5.82 Å². The molecule has 18 heavy (non-hydrogen) atoms. The van der Waals surface area contributed by atoms with Crippen LogP contribution in [0.1, 0.15) is 23.7 Å². The molecule has 96 valence electrons. The van der Waals surface area contributed by atoms with Crippen molar-refractivity contribution < 1.29 is 4.39 Å². The van der Waals surface area contributed by atoms with Gasteiger partial charge in [-0.2, -0.15) is 0 Å². The summed E-state index contributed by atoms with van der Waals surface area (Å²) in [4.78, 5) is 4.28. The maximum absolute atomic E-state index is 13.2. The van der Waals surface area contributed by atoms with Crippen LogP contribution in [0.5, 0.6) is 0 Å². The molecule has 0 saturated heterocycles. The largest absolute Gasteiger partial charge is 0.338 e. The average Bonchev–Trinajstić information content (AvgIpc) is 2.76. The van der Waals surface area contributed by atoms with Crippen LogP contribution in [-0.2, 0) is 13.5 Å². The van der Waals surface area contributed by atoms with Crippen molar-refractivity contribution in [2.75, 3.05) is 6.54 Å². The van der Waals surface area contributed by atoms with Gasteiger partial charge in [-0.25, -0.2) is 9.37 Å². The molecule has 3 nitrogen and oxygen atoms in total. The number of aryl methyl sites for hydroxylation is 2. The highest BCUT2D eigenvalue weighted by molar-refractivity contribution is 5.21. The van der Waals surface area contributed by atoms with E-state index in [1.54, 1.807) is 18.3 Å². The smallest absolute Gasteiger partial charge is 0.123 e. The van der Waals surface area contributed by atoms with Crippen LogP contribution in [0.25, 0.3) is 0 Å². The van der Waals surface area contributed by atoms with Gasteiger partial charge >= 0.3 is 0 Å². The van der Waals surface area contributed by atoms with E-state index in [0.29, 0.717) is 6.54 Å². The summed E-state index contributed by atoms with van der Waals surface area (Å²) in [6.45, 7) is 0.522. The summed E-state index contributed by atoms with van der Waals surface area (Å²) in [6.07, 6.45) is 5.44. The number of aromatic nitrogens is 2. The van der Waals surface area contributed by atoms with E-state index in [-0.39, 0.29) is 11.7 Å². The SMILES string of the molecule is Cn1ccnc1CCC(CN)c1cccc(F)c1. The molecule has 2 rings (SSSR count). The Hall–Kier alpha value is -1.68. The molecule has 0 radical (unpaired) electrons. The van der Waals surface area contributed by atoms with Crippen LogP contribution in [0.15, 0.2) is 36.7 Å². The van der Waals surface area contributed by atoms with E-state index in [1.165, 1.54) is 6.07 Å². The Morgan fingerprint density at radius 1 is 1.44 bits per heavy atom. The summed E-state index contributed by atoms with van der Waals surface area (Å²) >= 11 is 0. The molecule has 0 spiro atoms. The van der Waals surface area contributed by atoms with E-state index in [4.69, 9.17) is 5.73 Å². The second-order valence-electron chi connectivity index (χ2n) is 4.48. The van der Waals surface area contributed by atoms with Crippen LogP contribution in [0.3, 0.4) is 0 Å². The Bertz CT molecular complexity index is 507. The summed E-state index contributed by atoms with van der Waals surface area (Å²) in [6, 6.07) is 6.68. The van der Waals surface area contributed by atoms with Gasteiger partial charge in [-0.05, 0) is 36.6 Å². The molecule has 0 aliphatic carbocycles. The van der Waals surface area contributed by atoms with Crippen LogP contribution in [0.4, 0.5) is 4.39 Å². The lowest BCUT2D eigenvalue weighted by Crippen LogP contribution is -2.14. The third-order valence-electron chi connectivity index (χ3n) is 3.24. The highest BCUT2D eigenvalue weighted by Gasteiger charge is 2.11. The number of hydrogen-bond acceptors (Lipinski definition) is 2. The Morgan fingerprint density at radius 2 is 2.28 bits per heavy atom. The average molecular weight is 247 g/mol. The minimum Gasteiger partial charge on any atom is -0.338 e. The molecular formula is C14H18FN3. The maximum Gasteiger partial charge on any atom is 0.123 e. The third-order valence-corrected chi connectivity index (χ3v) is 3.24. The van der Waals surface area contributed by atoms with Crippen molar-refractivity contribution in [1.82, 2.24) is 9.55 Å². The predicted octanol–water partition coefficient (Wildman–Crippen LogP) is 2.23. The third kappa shape index (κ3) is 2.96. The minimum absolute atomic E-state index is 0.178. The highest BCUT2D eigenvalue weighted by Crippen LogP contribution is 2.21. The zero-order chi connectivity index (χ0) is 13.0. The standard InChI is InChI=1S/C14H18FN3/c1-18-8-7-17-14(18)6-5-12(10-16)11-3-2-4-13(15)9-11/h2-4,7-9,12H,5-6,10,16H2,1H3. The molecule has 1 aromatic heterocycles. The number of hydrogen-bond donors (Lipinski definition) is 1. The molecule has 1 heterocycles. The quantitative estimate of drug-likeness (QED) is 0.880. The number of nitrogens with zero attached hydrogens (tertiary/aromatic N) is 2. The molecule has 0 aliphatic heterocycles. The fourth-order valence-electron chi connectivity index (χ4n) is 2.12. The van der Waals surface area contributed by atoms with Gasteiger partial charge in [-0.15, -0.1) is 0 Å². The number of benzene rings is 1. The summed E-state index contributed by atoms with van der Waals surface area (Å²) in [5.41, 5.74) is 6.75. The Kier molecular flexibility index (Phi) is 4.10. The molecule has 0 fully saturated rings. The van der Waals surface area contributed by atoms with E-state index in [9.17, 15) is 4.39 Å². The van der Waals surface area contributed by atoms with Gasteiger partial charge in [-0.3, -0.25) is 0 Å². The number of halogens is 1. The van der Waals surface area contributed by atoms with Gasteiger partial charge in [0.1, 0.15) is 11.6 Å². The molecule has 0 saturated carbocycles. The van der Waals surface area contributed by atoms with Crippen LogP contribution < -0.4 is 5.73 Å². The van der Waals surface area contributed by atoms with Crippen molar-refractivity contribution in [2.24, 2.45) is 12.8 Å². The van der Waals surface area contributed by atoms with Crippen molar-refractivity contribution in [3.63, 3.8) is 0 Å². The van der Waals surface area contributed by atoms with E-state index in [0.717, 1.165) is 24.2 Å². The molecule has 1 aromatic carbocycles. The molecule has 0 bridgehead atoms. The van der Waals surface area contributed by atoms with Crippen LogP contribution in [-0.4, -0.2) is 16.1 Å². The highest BCUT2D eigenvalue weighted by atomic mass is 19.1. The fourth-order valence-corrected chi connectivity index (χ4v) is 2.12. The zero-order valence-corrected chi connectivity index (χ0v) is 10.5. The normalized spacial score (nSPS) is 12.6. The lowest BCUT2D eigenvalue weighted by Gasteiger charge is -2.15. The summed E-state index contributed by atoms with van der Waals surface area (Å²) in [7, 11) is 1.97. The van der Waals surface area contributed by atoms with Crippen LogP contribution in [0.2, 0.25) is 0 Å². The first-order valence-electron chi connectivity index (χ1n) is 6.12. The van der Waals surface area contributed by atoms with Gasteiger partial charge in [0.05, 0.1) is 0 Å². The van der Waals surface area contributed by atoms with Crippen molar-refractivity contribution in [3.8, 4) is 0 Å². The van der Waals surface area contributed by atoms with Crippen LogP contribution >= 0.6 is 0 Å². The van der Waals surface area contributed by atoms with Gasteiger partial charge in [0, 0.05) is 25.9 Å². The Morgan fingerprint density at radius 3 is 2.89 bits per heavy atom. The molecule has 0 aliphatic rings. The summed E-state index contributed by atoms with van der Waals surface area (Å²) in [5.74, 6) is 1.00. The Balaban J connectivity index is 2.04. The molecule has 1 atom stereocenters. The fraction of sp³-hybridized carbons (Fsp3) is 0.357. The van der Waals surface area contributed by atoms with Gasteiger partial charge < -0.3 is 10.3 Å². The topological polar surface area (TPSA) is 43.8 Å². The Labute approximate surface area is 106 Å². The molecule has 0 amide bonds. The molecule has 2 aromatic rings. The van der Waals surface area contributed by atoms with Crippen molar-refractivity contribution in [1.29, 1.82) is 0 Å². The lowest BCUT2D eigenvalue weighted by molar-refractivity contribution is 0.592. The molecular weight excluding hydrogens is 229 g/mol. The van der Waals surface area contributed by atoms with Gasteiger partial charge in [0.15, 0.2) is 0 Å². The lowest BCUT2D eigenvalue weighted by atomic mass is 9.94. The van der Waals surface area contributed by atoms with Gasteiger partial charge in [0.2, 0.25) is 0 Å². The second kappa shape index (κ2) is 5.78. The van der Waals surface area contributed by atoms with E-state index >= 15 is 0 Å². The van der Waals surface area contributed by atoms with Crippen molar-refractivity contribution >= 4 is 0 Å². The molecule has 4 heteroatoms. The number of imidazole rings is 1. The first kappa shape index (κ1) is 12.8. The van der Waals surface area contributed by atoms with E-state index < -0.39 is 0 Å². The minimum atomic E-state index is -0.206. The van der Waals surface area contributed by atoms with E-state index in [2.05, 4.69) is 4.98 Å². The summed E-state index contributed by atoms with van der Waals surface area (Å²) < 4.78 is 15.2. The first-order valence-corrected chi connectivity index (χ1v) is 6.12. The van der Waals surface area contributed by atoms with Crippen molar-refractivity contribution in [3.05, 3.63) is 53.9 Å². The van der Waals surface area contributed by atoms with Gasteiger partial charge in [-0.1, -0.05) is 12.1 Å². The number of rotatable bonds is 5. The second-order valence-corrected chi connectivity index (χ2v) is 4.48. The van der Waals surface area contributed by atoms with Crippen molar-refractivity contribution in [2.45, 2.75) is 18.8 Å². The molecule has 2 N–H and O–H groups in total.